The Bertz CT molecular complexity index is 906. The molecule has 28 heavy (non-hydrogen) atoms. The van der Waals surface area contributed by atoms with Crippen LogP contribution in [0.15, 0.2) is 18.2 Å². The Morgan fingerprint density at radius 2 is 1.86 bits per heavy atom. The number of halogens is 1. The topological polar surface area (TPSA) is 63.6 Å². The summed E-state index contributed by atoms with van der Waals surface area (Å²) in [6, 6.07) is 5.81. The zero-order valence-corrected chi connectivity index (χ0v) is 17.9. The number of piperidine rings is 1. The van der Waals surface area contributed by atoms with Gasteiger partial charge in [-0.3, -0.25) is 4.79 Å². The number of ether oxygens (including phenoxy) is 1. The quantitative estimate of drug-likeness (QED) is 0.811. The number of aryl methyl sites for hydroxylation is 2. The molecule has 1 aromatic heterocycles. The van der Waals surface area contributed by atoms with Crippen molar-refractivity contribution in [2.75, 3.05) is 13.1 Å². The van der Waals surface area contributed by atoms with Crippen LogP contribution in [-0.4, -0.2) is 46.2 Å². The zero-order chi connectivity index (χ0) is 20.6. The maximum Gasteiger partial charge on any atom is 0.410 e. The predicted molar refractivity (Wildman–Crippen MR) is 111 cm³/mol. The largest absolute Gasteiger partial charge is 0.444 e. The highest BCUT2D eigenvalue weighted by atomic mass is 35.5. The van der Waals surface area contributed by atoms with Gasteiger partial charge in [0.15, 0.2) is 0 Å². The standard InChI is InChI=1S/C21H28ClN3O3/c1-13-6-7-16-15(18(13)22)12-17(24(16)5)19(26)23-14-8-10-25(11-9-14)20(27)28-21(2,3)4/h6-7,12,14H,8-11H2,1-5H3,(H,23,26). The van der Waals surface area contributed by atoms with E-state index in [0.29, 0.717) is 36.6 Å². The number of likely N-dealkylation sites (tertiary alicyclic amines) is 1. The first-order valence-corrected chi connectivity index (χ1v) is 9.98. The molecule has 0 spiro atoms. The lowest BCUT2D eigenvalue weighted by Crippen LogP contribution is -2.48. The van der Waals surface area contributed by atoms with Crippen molar-refractivity contribution in [2.24, 2.45) is 7.05 Å². The van der Waals surface area contributed by atoms with Crippen molar-refractivity contribution in [2.45, 2.75) is 52.2 Å². The second-order valence-corrected chi connectivity index (χ2v) is 8.81. The fourth-order valence-electron chi connectivity index (χ4n) is 3.49. The summed E-state index contributed by atoms with van der Waals surface area (Å²) >= 11 is 6.40. The Balaban J connectivity index is 1.64. The van der Waals surface area contributed by atoms with E-state index >= 15 is 0 Å². The number of fused-ring (bicyclic) bond motifs is 1. The van der Waals surface area contributed by atoms with Gasteiger partial charge in [-0.1, -0.05) is 17.7 Å². The third-order valence-electron chi connectivity index (χ3n) is 5.07. The minimum Gasteiger partial charge on any atom is -0.444 e. The van der Waals surface area contributed by atoms with Crippen LogP contribution in [0.2, 0.25) is 5.02 Å². The molecule has 0 radical (unpaired) electrons. The number of hydrogen-bond donors (Lipinski definition) is 1. The summed E-state index contributed by atoms with van der Waals surface area (Å²) in [6.07, 6.45) is 1.11. The van der Waals surface area contributed by atoms with Crippen molar-refractivity contribution in [3.8, 4) is 0 Å². The van der Waals surface area contributed by atoms with E-state index in [1.807, 2.05) is 57.5 Å². The molecule has 1 fully saturated rings. The number of nitrogens with one attached hydrogen (secondary N) is 1. The highest BCUT2D eigenvalue weighted by Gasteiger charge is 2.28. The Hall–Kier alpha value is -2.21. The number of carbonyl (C=O) groups is 2. The summed E-state index contributed by atoms with van der Waals surface area (Å²) in [6.45, 7) is 8.66. The fraction of sp³-hybridized carbons (Fsp3) is 0.524. The zero-order valence-electron chi connectivity index (χ0n) is 17.1. The van der Waals surface area contributed by atoms with Crippen LogP contribution in [0, 0.1) is 6.92 Å². The molecule has 1 aliphatic heterocycles. The van der Waals surface area contributed by atoms with E-state index in [9.17, 15) is 9.59 Å². The molecule has 1 aliphatic rings. The van der Waals surface area contributed by atoms with E-state index in [0.717, 1.165) is 16.5 Å². The van der Waals surface area contributed by atoms with Crippen LogP contribution >= 0.6 is 11.6 Å². The van der Waals surface area contributed by atoms with Gasteiger partial charge in [-0.2, -0.15) is 0 Å². The minimum atomic E-state index is -0.504. The fourth-order valence-corrected chi connectivity index (χ4v) is 3.71. The molecule has 7 heteroatoms. The molecule has 0 saturated carbocycles. The van der Waals surface area contributed by atoms with Crippen molar-refractivity contribution in [3.63, 3.8) is 0 Å². The average Bonchev–Trinajstić information content (AvgIpc) is 2.95. The van der Waals surface area contributed by atoms with Crippen molar-refractivity contribution in [1.82, 2.24) is 14.8 Å². The van der Waals surface area contributed by atoms with Gasteiger partial charge in [-0.25, -0.2) is 4.79 Å². The van der Waals surface area contributed by atoms with Crippen LogP contribution in [0.5, 0.6) is 0 Å². The van der Waals surface area contributed by atoms with Gasteiger partial charge in [0.25, 0.3) is 5.91 Å². The summed E-state index contributed by atoms with van der Waals surface area (Å²) in [5, 5.41) is 4.66. The molecule has 3 rings (SSSR count). The van der Waals surface area contributed by atoms with Crippen molar-refractivity contribution in [3.05, 3.63) is 34.5 Å². The van der Waals surface area contributed by atoms with Crippen molar-refractivity contribution >= 4 is 34.5 Å². The number of amides is 2. The molecular formula is C21H28ClN3O3. The molecule has 1 saturated heterocycles. The molecule has 2 heterocycles. The number of hydrogen-bond acceptors (Lipinski definition) is 3. The Labute approximate surface area is 170 Å². The number of nitrogens with zero attached hydrogens (tertiary/aromatic N) is 2. The summed E-state index contributed by atoms with van der Waals surface area (Å²) in [5.74, 6) is -0.122. The van der Waals surface area contributed by atoms with Crippen molar-refractivity contribution in [1.29, 1.82) is 0 Å². The monoisotopic (exact) mass is 405 g/mol. The van der Waals surface area contributed by atoms with E-state index in [1.54, 1.807) is 4.90 Å². The second-order valence-electron chi connectivity index (χ2n) is 8.43. The Kier molecular flexibility index (Phi) is 5.62. The lowest BCUT2D eigenvalue weighted by molar-refractivity contribution is 0.0199. The maximum atomic E-state index is 12.8. The molecule has 152 valence electrons. The minimum absolute atomic E-state index is 0.0291. The van der Waals surface area contributed by atoms with E-state index < -0.39 is 5.60 Å². The highest BCUT2D eigenvalue weighted by Crippen LogP contribution is 2.29. The maximum absolute atomic E-state index is 12.8. The van der Waals surface area contributed by atoms with E-state index in [4.69, 9.17) is 16.3 Å². The summed E-state index contributed by atoms with van der Waals surface area (Å²) < 4.78 is 7.28. The van der Waals surface area contributed by atoms with Gasteiger partial charge in [0.2, 0.25) is 0 Å². The molecule has 0 aliphatic carbocycles. The van der Waals surface area contributed by atoms with Gasteiger partial charge in [-0.05, 0) is 58.2 Å². The van der Waals surface area contributed by atoms with Gasteiger partial charge in [0, 0.05) is 37.1 Å². The molecule has 6 nitrogen and oxygen atoms in total. The summed E-state index contributed by atoms with van der Waals surface area (Å²) in [4.78, 5) is 26.7. The van der Waals surface area contributed by atoms with Gasteiger partial charge < -0.3 is 19.5 Å². The van der Waals surface area contributed by atoms with E-state index in [1.165, 1.54) is 0 Å². The third-order valence-corrected chi connectivity index (χ3v) is 5.57. The SMILES string of the molecule is Cc1ccc2c(cc(C(=O)NC3CCN(C(=O)OC(C)(C)C)CC3)n2C)c1Cl. The molecular weight excluding hydrogens is 378 g/mol. The average molecular weight is 406 g/mol. The Morgan fingerprint density at radius 3 is 2.46 bits per heavy atom. The van der Waals surface area contributed by atoms with E-state index in [2.05, 4.69) is 5.32 Å². The molecule has 0 bridgehead atoms. The first-order valence-electron chi connectivity index (χ1n) is 9.60. The van der Waals surface area contributed by atoms with Gasteiger partial charge in [-0.15, -0.1) is 0 Å². The van der Waals surface area contributed by atoms with Crippen LogP contribution in [-0.2, 0) is 11.8 Å². The molecule has 0 unspecified atom stereocenters. The first kappa shape index (κ1) is 20.5. The Morgan fingerprint density at radius 1 is 1.21 bits per heavy atom. The van der Waals surface area contributed by atoms with Gasteiger partial charge in [0.05, 0.1) is 5.02 Å². The van der Waals surface area contributed by atoms with Crippen LogP contribution in [0.4, 0.5) is 4.79 Å². The van der Waals surface area contributed by atoms with Crippen LogP contribution < -0.4 is 5.32 Å². The van der Waals surface area contributed by atoms with Crippen molar-refractivity contribution < 1.29 is 14.3 Å². The van der Waals surface area contributed by atoms with Gasteiger partial charge in [0.1, 0.15) is 11.3 Å². The number of aromatic nitrogens is 1. The smallest absolute Gasteiger partial charge is 0.410 e. The normalized spacial score (nSPS) is 15.7. The van der Waals surface area contributed by atoms with Crippen LogP contribution in [0.3, 0.4) is 0 Å². The lowest BCUT2D eigenvalue weighted by atomic mass is 10.1. The van der Waals surface area contributed by atoms with E-state index in [-0.39, 0.29) is 18.0 Å². The third kappa shape index (κ3) is 4.27. The molecule has 2 aromatic rings. The second kappa shape index (κ2) is 7.66. The predicted octanol–water partition coefficient (Wildman–Crippen LogP) is 4.27. The summed E-state index contributed by atoms with van der Waals surface area (Å²) in [7, 11) is 1.87. The molecule has 0 atom stereocenters. The number of rotatable bonds is 2. The lowest BCUT2D eigenvalue weighted by Gasteiger charge is -2.33. The summed E-state index contributed by atoms with van der Waals surface area (Å²) in [5.41, 5.74) is 2.00. The highest BCUT2D eigenvalue weighted by molar-refractivity contribution is 6.36. The number of carbonyl (C=O) groups excluding carboxylic acids is 2. The van der Waals surface area contributed by atoms with Gasteiger partial charge >= 0.3 is 6.09 Å². The molecule has 1 aromatic carbocycles. The first-order chi connectivity index (χ1) is 13.1. The van der Waals surface area contributed by atoms with Crippen LogP contribution in [0.25, 0.3) is 10.9 Å². The molecule has 2 amide bonds. The number of benzene rings is 1. The van der Waals surface area contributed by atoms with Crippen LogP contribution in [0.1, 0.15) is 49.7 Å². The molecule has 1 N–H and O–H groups in total.